The van der Waals surface area contributed by atoms with Gasteiger partial charge in [-0.25, -0.2) is 4.57 Å². The maximum absolute atomic E-state index is 12.8. The average molecular weight is 849 g/mol. The lowest BCUT2D eigenvalue weighted by Gasteiger charge is -2.41. The minimum atomic E-state index is -5.02. The van der Waals surface area contributed by atoms with Gasteiger partial charge in [-0.05, 0) is 44.9 Å². The minimum absolute atomic E-state index is 0.0784. The molecule has 0 heterocycles. The molecule has 1 saturated carbocycles. The van der Waals surface area contributed by atoms with E-state index in [4.69, 9.17) is 18.5 Å². The van der Waals surface area contributed by atoms with Gasteiger partial charge in [-0.2, -0.15) is 0 Å². The number of carbonyl (C=O) groups excluding carboxylic acids is 1. The fraction of sp³-hybridized carbons (Fsp3) is 0.889. The van der Waals surface area contributed by atoms with Crippen molar-refractivity contribution in [3.05, 3.63) is 24.3 Å². The predicted molar refractivity (Wildman–Crippen MR) is 230 cm³/mol. The van der Waals surface area contributed by atoms with Crippen molar-refractivity contribution in [1.82, 2.24) is 0 Å². The molecule has 1 aliphatic carbocycles. The smallest absolute Gasteiger partial charge is 0.457 e. The molecule has 0 aliphatic heterocycles. The third kappa shape index (κ3) is 28.4. The topological polar surface area (TPSA) is 192 Å². The van der Waals surface area contributed by atoms with Crippen molar-refractivity contribution in [3.8, 4) is 0 Å². The molecule has 0 aromatic rings. The van der Waals surface area contributed by atoms with Crippen molar-refractivity contribution in [2.75, 3.05) is 19.8 Å². The molecule has 0 amide bonds. The lowest BCUT2D eigenvalue weighted by atomic mass is 9.85. The first-order valence-electron chi connectivity index (χ1n) is 23.2. The van der Waals surface area contributed by atoms with Gasteiger partial charge in [0.25, 0.3) is 0 Å². The molecule has 342 valence electrons. The first-order valence-corrected chi connectivity index (χ1v) is 24.7. The monoisotopic (exact) mass is 849 g/mol. The van der Waals surface area contributed by atoms with Gasteiger partial charge in [0.05, 0.1) is 13.2 Å². The summed E-state index contributed by atoms with van der Waals surface area (Å²) in [7, 11) is -5.02. The summed E-state index contributed by atoms with van der Waals surface area (Å²) < 4.78 is 34.2. The van der Waals surface area contributed by atoms with Crippen molar-refractivity contribution in [1.29, 1.82) is 0 Å². The Morgan fingerprint density at radius 1 is 0.552 bits per heavy atom. The van der Waals surface area contributed by atoms with Crippen LogP contribution in [0.3, 0.4) is 0 Å². The van der Waals surface area contributed by atoms with Crippen LogP contribution in [-0.2, 0) is 27.9 Å². The highest BCUT2D eigenvalue weighted by Crippen LogP contribution is 2.47. The summed E-state index contributed by atoms with van der Waals surface area (Å²) >= 11 is 0. The number of carbonyl (C=O) groups is 1. The number of ether oxygens (including phenoxy) is 2. The van der Waals surface area contributed by atoms with E-state index in [1.54, 1.807) is 0 Å². The van der Waals surface area contributed by atoms with E-state index in [0.717, 1.165) is 64.2 Å². The Bertz CT molecular complexity index is 1060. The van der Waals surface area contributed by atoms with Gasteiger partial charge in [-0.3, -0.25) is 13.8 Å². The van der Waals surface area contributed by atoms with Crippen LogP contribution in [0.4, 0.5) is 0 Å². The Morgan fingerprint density at radius 2 is 0.966 bits per heavy atom. The van der Waals surface area contributed by atoms with Crippen LogP contribution in [0.15, 0.2) is 24.3 Å². The molecule has 1 fully saturated rings. The maximum Gasteiger partial charge on any atom is 0.472 e. The molecule has 6 N–H and O–H groups in total. The molecule has 8 atom stereocenters. The molecule has 0 radical (unpaired) electrons. The van der Waals surface area contributed by atoms with Gasteiger partial charge in [0.1, 0.15) is 42.7 Å². The molecule has 0 saturated heterocycles. The quantitative estimate of drug-likeness (QED) is 0.0149. The van der Waals surface area contributed by atoms with Crippen LogP contribution in [0.5, 0.6) is 0 Å². The molecule has 0 spiro atoms. The van der Waals surface area contributed by atoms with Crippen LogP contribution in [0.25, 0.3) is 0 Å². The van der Waals surface area contributed by atoms with Crippen LogP contribution in [-0.4, -0.2) is 98.9 Å². The average Bonchev–Trinajstić information content (AvgIpc) is 3.21. The number of aliphatic hydroxyl groups excluding tert-OH is 5. The van der Waals surface area contributed by atoms with Gasteiger partial charge in [-0.15, -0.1) is 0 Å². The lowest BCUT2D eigenvalue weighted by Crippen LogP contribution is -2.64. The highest BCUT2D eigenvalue weighted by atomic mass is 31.2. The molecule has 1 aliphatic rings. The van der Waals surface area contributed by atoms with E-state index in [1.807, 2.05) is 0 Å². The Balaban J connectivity index is 2.40. The number of unbranched alkanes of at least 4 members (excludes halogenated alkanes) is 23. The fourth-order valence-corrected chi connectivity index (χ4v) is 8.06. The van der Waals surface area contributed by atoms with E-state index < -0.39 is 63.1 Å². The number of phosphoric acid groups is 1. The van der Waals surface area contributed by atoms with Gasteiger partial charge >= 0.3 is 13.8 Å². The molecule has 58 heavy (non-hydrogen) atoms. The normalized spacial score (nSPS) is 22.8. The van der Waals surface area contributed by atoms with E-state index in [-0.39, 0.29) is 13.0 Å². The Morgan fingerprint density at radius 3 is 1.48 bits per heavy atom. The number of aliphatic hydroxyl groups is 5. The standard InChI is InChI=1S/C45H85O12P/c1-3-5-7-9-11-13-15-17-19-21-23-25-27-29-31-33-35-54-36-38(37-55-58(52,53)57-45-43(50)41(48)40(47)42(49)44(45)51)56-39(46)34-32-30-28-26-24-22-20-18-16-14-12-10-8-6-4-2/h12,14,18,20,38,40-45,47-51H,3-11,13,15-17,19,21-37H2,1-2H3,(H,52,53)/b14-12-,20-18-/t38-,40?,41-,42?,43?,44?,45?/m1/s1. The number of esters is 1. The lowest BCUT2D eigenvalue weighted by molar-refractivity contribution is -0.220. The van der Waals surface area contributed by atoms with Gasteiger partial charge in [0.15, 0.2) is 0 Å². The number of rotatable bonds is 39. The summed E-state index contributed by atoms with van der Waals surface area (Å²) in [4.78, 5) is 23.1. The predicted octanol–water partition coefficient (Wildman–Crippen LogP) is 9.31. The third-order valence-electron chi connectivity index (χ3n) is 10.8. The molecule has 0 aromatic heterocycles. The van der Waals surface area contributed by atoms with Crippen LogP contribution in [0.2, 0.25) is 0 Å². The highest BCUT2D eigenvalue weighted by Gasteiger charge is 2.51. The zero-order valence-electron chi connectivity index (χ0n) is 36.4. The summed E-state index contributed by atoms with van der Waals surface area (Å²) in [6.07, 6.45) is 28.1. The summed E-state index contributed by atoms with van der Waals surface area (Å²) in [6.45, 7) is 4.23. The molecule has 1 rings (SSSR count). The molecule has 0 bridgehead atoms. The summed E-state index contributed by atoms with van der Waals surface area (Å²) in [5, 5.41) is 50.2. The van der Waals surface area contributed by atoms with Crippen LogP contribution in [0, 0.1) is 0 Å². The van der Waals surface area contributed by atoms with E-state index in [0.29, 0.717) is 13.0 Å². The van der Waals surface area contributed by atoms with Crippen molar-refractivity contribution < 1.29 is 58.3 Å². The molecule has 6 unspecified atom stereocenters. The Kier molecular flexibility index (Phi) is 34.5. The zero-order valence-corrected chi connectivity index (χ0v) is 37.2. The first kappa shape index (κ1) is 54.8. The van der Waals surface area contributed by atoms with Crippen molar-refractivity contribution >= 4 is 13.8 Å². The van der Waals surface area contributed by atoms with E-state index in [2.05, 4.69) is 38.2 Å². The highest BCUT2D eigenvalue weighted by molar-refractivity contribution is 7.47. The second-order valence-electron chi connectivity index (χ2n) is 16.3. The van der Waals surface area contributed by atoms with Gasteiger partial charge in [0.2, 0.25) is 0 Å². The summed E-state index contributed by atoms with van der Waals surface area (Å²) in [6, 6.07) is 0. The van der Waals surface area contributed by atoms with Crippen LogP contribution >= 0.6 is 7.82 Å². The molecule has 0 aromatic carbocycles. The Hall–Kier alpha value is -1.18. The SMILES string of the molecule is CCCCC/C=C\C/C=C\CCCCCCCC(=O)O[C@H](COCCCCCCCCCCCCCCCCCC)COP(=O)(O)OC1C(O)C(O)C(O)[C@@H](O)C1O. The number of hydrogen-bond donors (Lipinski definition) is 6. The third-order valence-corrected chi connectivity index (χ3v) is 11.8. The van der Waals surface area contributed by atoms with Crippen LogP contribution < -0.4 is 0 Å². The van der Waals surface area contributed by atoms with E-state index >= 15 is 0 Å². The van der Waals surface area contributed by atoms with Crippen molar-refractivity contribution in [3.63, 3.8) is 0 Å². The zero-order chi connectivity index (χ0) is 42.7. The Labute approximate surface area is 351 Å². The fourth-order valence-electron chi connectivity index (χ4n) is 7.09. The first-order chi connectivity index (χ1) is 28.0. The van der Waals surface area contributed by atoms with Gasteiger partial charge < -0.3 is 39.9 Å². The second kappa shape index (κ2) is 36.5. The van der Waals surface area contributed by atoms with Gasteiger partial charge in [0, 0.05) is 13.0 Å². The van der Waals surface area contributed by atoms with Crippen molar-refractivity contribution in [2.45, 2.75) is 236 Å². The second-order valence-corrected chi connectivity index (χ2v) is 17.7. The minimum Gasteiger partial charge on any atom is -0.457 e. The number of allylic oxidation sites excluding steroid dienone is 4. The van der Waals surface area contributed by atoms with Crippen LogP contribution in [0.1, 0.15) is 194 Å². The van der Waals surface area contributed by atoms with Crippen molar-refractivity contribution in [2.24, 2.45) is 0 Å². The summed E-state index contributed by atoms with van der Waals surface area (Å²) in [5.41, 5.74) is 0. The molecular weight excluding hydrogens is 763 g/mol. The van der Waals surface area contributed by atoms with Gasteiger partial charge in [-0.1, -0.05) is 167 Å². The van der Waals surface area contributed by atoms with E-state index in [1.165, 1.54) is 103 Å². The maximum atomic E-state index is 12.8. The molecule has 13 heteroatoms. The van der Waals surface area contributed by atoms with E-state index in [9.17, 15) is 39.8 Å². The number of hydrogen-bond acceptors (Lipinski definition) is 11. The summed E-state index contributed by atoms with van der Waals surface area (Å²) in [5.74, 6) is -0.489. The number of phosphoric ester groups is 1. The largest absolute Gasteiger partial charge is 0.472 e. The molecular formula is C45H85O12P. The molecule has 12 nitrogen and oxygen atoms in total.